The molecule has 4 heteroatoms. The topological polar surface area (TPSA) is 47.0 Å². The van der Waals surface area contributed by atoms with Crippen molar-refractivity contribution in [2.24, 2.45) is 5.92 Å². The quantitative estimate of drug-likeness (QED) is 0.897. The number of aromatic nitrogens is 2. The average Bonchev–Trinajstić information content (AvgIpc) is 3.29. The maximum Gasteiger partial charge on any atom is 0.160 e. The van der Waals surface area contributed by atoms with E-state index in [4.69, 9.17) is 9.72 Å². The molecule has 1 aromatic rings. The van der Waals surface area contributed by atoms with E-state index in [2.05, 4.69) is 17.2 Å². The van der Waals surface area contributed by atoms with Crippen LogP contribution in [0.4, 0.5) is 0 Å². The summed E-state index contributed by atoms with van der Waals surface area (Å²) in [6.45, 7) is 3.14. The summed E-state index contributed by atoms with van der Waals surface area (Å²) in [5.74, 6) is 1.56. The van der Waals surface area contributed by atoms with Crippen molar-refractivity contribution >= 4 is 0 Å². The van der Waals surface area contributed by atoms with Gasteiger partial charge in [-0.25, -0.2) is 9.97 Å². The van der Waals surface area contributed by atoms with Crippen LogP contribution >= 0.6 is 0 Å². The maximum absolute atomic E-state index is 5.88. The van der Waals surface area contributed by atoms with Gasteiger partial charge < -0.3 is 10.1 Å². The van der Waals surface area contributed by atoms with Crippen molar-refractivity contribution in [3.8, 4) is 0 Å². The summed E-state index contributed by atoms with van der Waals surface area (Å²) in [5.41, 5.74) is 0.810. The van der Waals surface area contributed by atoms with Crippen LogP contribution in [-0.2, 0) is 16.9 Å². The Labute approximate surface area is 121 Å². The van der Waals surface area contributed by atoms with Gasteiger partial charge in [0.2, 0.25) is 0 Å². The van der Waals surface area contributed by atoms with Crippen LogP contribution < -0.4 is 5.32 Å². The van der Waals surface area contributed by atoms with E-state index in [1.807, 2.05) is 12.3 Å². The van der Waals surface area contributed by atoms with E-state index >= 15 is 0 Å². The zero-order chi connectivity index (χ0) is 14.0. The first kappa shape index (κ1) is 14.0. The van der Waals surface area contributed by atoms with Gasteiger partial charge in [-0.05, 0) is 44.1 Å². The van der Waals surface area contributed by atoms with E-state index in [0.29, 0.717) is 12.0 Å². The molecule has 0 aliphatic heterocycles. The minimum absolute atomic E-state index is 0.271. The zero-order valence-corrected chi connectivity index (χ0v) is 12.6. The van der Waals surface area contributed by atoms with Crippen molar-refractivity contribution in [3.63, 3.8) is 0 Å². The number of hydrogen-bond acceptors (Lipinski definition) is 4. The minimum atomic E-state index is -0.271. The lowest BCUT2D eigenvalue weighted by Crippen LogP contribution is -2.36. The van der Waals surface area contributed by atoms with Crippen LogP contribution in [0.25, 0.3) is 0 Å². The van der Waals surface area contributed by atoms with Crippen LogP contribution in [0.1, 0.15) is 57.0 Å². The fourth-order valence-corrected chi connectivity index (χ4v) is 3.23. The van der Waals surface area contributed by atoms with Gasteiger partial charge in [-0.2, -0.15) is 0 Å². The lowest BCUT2D eigenvalue weighted by atomic mass is 9.78. The molecule has 4 nitrogen and oxygen atoms in total. The van der Waals surface area contributed by atoms with E-state index in [1.54, 1.807) is 7.11 Å². The van der Waals surface area contributed by atoms with Gasteiger partial charge in [-0.15, -0.1) is 0 Å². The Morgan fingerprint density at radius 1 is 1.40 bits per heavy atom. The Balaban J connectivity index is 1.77. The molecule has 0 saturated heterocycles. The van der Waals surface area contributed by atoms with Crippen molar-refractivity contribution in [1.82, 2.24) is 15.3 Å². The molecular weight excluding hydrogens is 250 g/mol. The predicted octanol–water partition coefficient (Wildman–Crippen LogP) is 2.78. The Hall–Kier alpha value is -1.00. The summed E-state index contributed by atoms with van der Waals surface area (Å²) in [4.78, 5) is 9.29. The molecule has 2 aliphatic carbocycles. The minimum Gasteiger partial charge on any atom is -0.370 e. The summed E-state index contributed by atoms with van der Waals surface area (Å²) in [6.07, 6.45) is 9.04. The third-order valence-corrected chi connectivity index (χ3v) is 4.62. The molecule has 2 fully saturated rings. The number of rotatable bonds is 5. The molecule has 2 unspecified atom stereocenters. The molecule has 1 aromatic heterocycles. The first-order valence-corrected chi connectivity index (χ1v) is 7.83. The molecule has 20 heavy (non-hydrogen) atoms. The van der Waals surface area contributed by atoms with Gasteiger partial charge in [0, 0.05) is 25.9 Å². The molecule has 0 spiro atoms. The standard InChI is InChI=1S/C16H25N3O/c1-12-4-3-8-16(10-12,20-2)15-17-9-7-14(19-15)11-18-13-5-6-13/h7,9,12-13,18H,3-6,8,10-11H2,1-2H3. The fourth-order valence-electron chi connectivity index (χ4n) is 3.23. The first-order chi connectivity index (χ1) is 9.72. The maximum atomic E-state index is 5.88. The first-order valence-electron chi connectivity index (χ1n) is 7.83. The summed E-state index contributed by atoms with van der Waals surface area (Å²) in [6, 6.07) is 2.72. The third kappa shape index (κ3) is 3.01. The number of nitrogens with zero attached hydrogens (tertiary/aromatic N) is 2. The smallest absolute Gasteiger partial charge is 0.160 e. The predicted molar refractivity (Wildman–Crippen MR) is 78.2 cm³/mol. The van der Waals surface area contributed by atoms with Crippen molar-refractivity contribution in [2.45, 2.75) is 63.6 Å². The Bertz CT molecular complexity index is 461. The fraction of sp³-hybridized carbons (Fsp3) is 0.750. The lowest BCUT2D eigenvalue weighted by molar-refractivity contribution is -0.0647. The highest BCUT2D eigenvalue weighted by atomic mass is 16.5. The largest absolute Gasteiger partial charge is 0.370 e. The van der Waals surface area contributed by atoms with Crippen LogP contribution in [0.15, 0.2) is 12.3 Å². The Kier molecular flexibility index (Phi) is 4.03. The van der Waals surface area contributed by atoms with E-state index < -0.39 is 0 Å². The van der Waals surface area contributed by atoms with Gasteiger partial charge in [0.05, 0.1) is 5.69 Å². The Morgan fingerprint density at radius 2 is 2.25 bits per heavy atom. The molecule has 2 atom stereocenters. The summed E-state index contributed by atoms with van der Waals surface area (Å²) < 4.78 is 5.88. The van der Waals surface area contributed by atoms with Crippen molar-refractivity contribution < 1.29 is 4.74 Å². The van der Waals surface area contributed by atoms with Gasteiger partial charge in [-0.3, -0.25) is 0 Å². The molecule has 3 rings (SSSR count). The van der Waals surface area contributed by atoms with Gasteiger partial charge in [0.15, 0.2) is 5.82 Å². The monoisotopic (exact) mass is 275 g/mol. The molecule has 0 amide bonds. The normalized spacial score (nSPS) is 30.4. The van der Waals surface area contributed by atoms with E-state index in [9.17, 15) is 0 Å². The van der Waals surface area contributed by atoms with Crippen molar-refractivity contribution in [2.75, 3.05) is 7.11 Å². The van der Waals surface area contributed by atoms with E-state index in [-0.39, 0.29) is 5.60 Å². The molecular formula is C16H25N3O. The van der Waals surface area contributed by atoms with E-state index in [0.717, 1.165) is 30.9 Å². The second kappa shape index (κ2) is 5.78. The van der Waals surface area contributed by atoms with E-state index in [1.165, 1.54) is 25.7 Å². The SMILES string of the molecule is COC1(c2nccc(CNC3CC3)n2)CCCC(C)C1. The highest BCUT2D eigenvalue weighted by Gasteiger charge is 2.39. The summed E-state index contributed by atoms with van der Waals surface area (Å²) in [7, 11) is 1.80. The molecule has 0 radical (unpaired) electrons. The number of methoxy groups -OCH3 is 1. The summed E-state index contributed by atoms with van der Waals surface area (Å²) >= 11 is 0. The molecule has 0 bridgehead atoms. The molecule has 2 aliphatic rings. The van der Waals surface area contributed by atoms with Crippen LogP contribution in [0.5, 0.6) is 0 Å². The van der Waals surface area contributed by atoms with Gasteiger partial charge in [0.1, 0.15) is 5.60 Å². The average molecular weight is 275 g/mol. The van der Waals surface area contributed by atoms with Crippen LogP contribution in [0.2, 0.25) is 0 Å². The number of nitrogens with one attached hydrogen (secondary N) is 1. The lowest BCUT2D eigenvalue weighted by Gasteiger charge is -2.37. The van der Waals surface area contributed by atoms with Gasteiger partial charge in [-0.1, -0.05) is 13.3 Å². The van der Waals surface area contributed by atoms with Crippen molar-refractivity contribution in [3.05, 3.63) is 23.8 Å². The van der Waals surface area contributed by atoms with Gasteiger partial charge >= 0.3 is 0 Å². The number of hydrogen-bond donors (Lipinski definition) is 1. The molecule has 1 N–H and O–H groups in total. The highest BCUT2D eigenvalue weighted by molar-refractivity contribution is 5.10. The molecule has 110 valence electrons. The van der Waals surface area contributed by atoms with Crippen molar-refractivity contribution in [1.29, 1.82) is 0 Å². The number of ether oxygens (including phenoxy) is 1. The van der Waals surface area contributed by atoms with Crippen LogP contribution in [-0.4, -0.2) is 23.1 Å². The van der Waals surface area contributed by atoms with Crippen LogP contribution in [0, 0.1) is 5.92 Å². The Morgan fingerprint density at radius 3 is 2.95 bits per heavy atom. The molecule has 2 saturated carbocycles. The molecule has 1 heterocycles. The summed E-state index contributed by atoms with van der Waals surface area (Å²) in [5, 5.41) is 3.51. The zero-order valence-electron chi connectivity index (χ0n) is 12.6. The second-order valence-corrected chi connectivity index (χ2v) is 6.43. The second-order valence-electron chi connectivity index (χ2n) is 6.43. The highest BCUT2D eigenvalue weighted by Crippen LogP contribution is 2.40. The molecule has 0 aromatic carbocycles. The third-order valence-electron chi connectivity index (χ3n) is 4.62. The van der Waals surface area contributed by atoms with Crippen LogP contribution in [0.3, 0.4) is 0 Å². The van der Waals surface area contributed by atoms with Gasteiger partial charge in [0.25, 0.3) is 0 Å².